The highest BCUT2D eigenvalue weighted by Crippen LogP contribution is 2.22. The zero-order chi connectivity index (χ0) is 14.0. The molecule has 2 heterocycles. The first-order chi connectivity index (χ1) is 8.85. The van der Waals surface area contributed by atoms with E-state index in [9.17, 15) is 22.8 Å². The molecule has 0 aromatic carbocycles. The minimum Gasteiger partial charge on any atom is -0.329 e. The lowest BCUT2D eigenvalue weighted by Gasteiger charge is -2.18. The highest BCUT2D eigenvalue weighted by molar-refractivity contribution is 5.84. The van der Waals surface area contributed by atoms with Gasteiger partial charge in [-0.1, -0.05) is 0 Å². The third kappa shape index (κ3) is 3.46. The van der Waals surface area contributed by atoms with Gasteiger partial charge in [0.05, 0.1) is 19.4 Å². The Labute approximate surface area is 105 Å². The molecule has 19 heavy (non-hydrogen) atoms. The summed E-state index contributed by atoms with van der Waals surface area (Å²) in [6.07, 6.45) is -4.16. The van der Waals surface area contributed by atoms with Gasteiger partial charge in [0.25, 0.3) is 5.56 Å². The highest BCUT2D eigenvalue weighted by atomic mass is 19.4. The van der Waals surface area contributed by atoms with Crippen molar-refractivity contribution in [1.82, 2.24) is 14.9 Å². The van der Waals surface area contributed by atoms with Crippen molar-refractivity contribution in [3.63, 3.8) is 0 Å². The summed E-state index contributed by atoms with van der Waals surface area (Å²) >= 11 is 0. The molecule has 0 saturated carbocycles. The average molecular weight is 276 g/mol. The Morgan fingerprint density at radius 3 is 2.74 bits per heavy atom. The number of amides is 1. The summed E-state index contributed by atoms with van der Waals surface area (Å²) in [5.41, 5.74) is -0.383. The quantitative estimate of drug-likeness (QED) is 0.863. The molecule has 0 radical (unpaired) electrons. The first-order valence-electron chi connectivity index (χ1n) is 5.49. The van der Waals surface area contributed by atoms with E-state index < -0.39 is 18.5 Å². The second kappa shape index (κ2) is 4.90. The molecule has 9 heteroatoms. The number of anilines is 1. The molecule has 0 aliphatic carbocycles. The number of alkyl halides is 3. The maximum absolute atomic E-state index is 12.1. The van der Waals surface area contributed by atoms with Crippen LogP contribution >= 0.6 is 0 Å². The molecule has 0 unspecified atom stereocenters. The molecule has 0 spiro atoms. The Morgan fingerprint density at radius 1 is 1.37 bits per heavy atom. The van der Waals surface area contributed by atoms with Crippen LogP contribution in [0.5, 0.6) is 0 Å². The lowest BCUT2D eigenvalue weighted by molar-refractivity contribution is -0.142. The van der Waals surface area contributed by atoms with Crippen LogP contribution in [0.3, 0.4) is 0 Å². The molecule has 1 aliphatic heterocycles. The van der Waals surface area contributed by atoms with Crippen LogP contribution in [0.25, 0.3) is 0 Å². The van der Waals surface area contributed by atoms with Crippen molar-refractivity contribution >= 4 is 11.7 Å². The minimum atomic E-state index is -4.30. The van der Waals surface area contributed by atoms with Crippen LogP contribution in [0.15, 0.2) is 17.2 Å². The van der Waals surface area contributed by atoms with Gasteiger partial charge in [-0.2, -0.15) is 13.2 Å². The number of rotatable bonds is 3. The van der Waals surface area contributed by atoms with Gasteiger partial charge in [-0.25, -0.2) is 4.98 Å². The molecule has 104 valence electrons. The summed E-state index contributed by atoms with van der Waals surface area (Å²) in [4.78, 5) is 31.4. The molecule has 1 amide bonds. The number of carbonyl (C=O) groups excluding carboxylic acids is 1. The van der Waals surface area contributed by atoms with E-state index in [-0.39, 0.29) is 31.1 Å². The number of aromatic nitrogens is 2. The summed E-state index contributed by atoms with van der Waals surface area (Å²) in [7, 11) is 0. The van der Waals surface area contributed by atoms with E-state index >= 15 is 0 Å². The summed E-state index contributed by atoms with van der Waals surface area (Å²) in [6.45, 7) is -0.457. The number of nitrogens with zero attached hydrogens (tertiary/aromatic N) is 3. The van der Waals surface area contributed by atoms with Gasteiger partial charge in [0.1, 0.15) is 12.4 Å². The van der Waals surface area contributed by atoms with Gasteiger partial charge in [-0.3, -0.25) is 9.59 Å². The Hall–Kier alpha value is -2.06. The smallest absolute Gasteiger partial charge is 0.329 e. The van der Waals surface area contributed by atoms with Crippen LogP contribution in [-0.2, 0) is 4.79 Å². The van der Waals surface area contributed by atoms with Gasteiger partial charge in [0, 0.05) is 12.6 Å². The van der Waals surface area contributed by atoms with Crippen molar-refractivity contribution in [2.75, 3.05) is 24.7 Å². The standard InChI is InChI=1S/C10H11F3N4O2/c11-10(12,13)1-2-16-6-17(4-9(16)19)7-3-8(18)15-5-14-7/h3,5H,1-2,4,6H2,(H,14,15,18). The van der Waals surface area contributed by atoms with Crippen molar-refractivity contribution in [2.45, 2.75) is 12.6 Å². The van der Waals surface area contributed by atoms with Gasteiger partial charge in [-0.15, -0.1) is 0 Å². The Bertz CT molecular complexity index is 528. The lowest BCUT2D eigenvalue weighted by Crippen LogP contribution is -2.31. The van der Waals surface area contributed by atoms with Gasteiger partial charge < -0.3 is 14.8 Å². The molecular formula is C10H11F3N4O2. The minimum absolute atomic E-state index is 0.00532. The topological polar surface area (TPSA) is 69.3 Å². The lowest BCUT2D eigenvalue weighted by atomic mass is 10.4. The number of aromatic amines is 1. The second-order valence-electron chi connectivity index (χ2n) is 4.13. The number of nitrogens with one attached hydrogen (secondary N) is 1. The van der Waals surface area contributed by atoms with E-state index in [1.165, 1.54) is 17.3 Å². The SMILES string of the molecule is O=C1CN(c2cc(=O)[nH]cn2)CN1CCC(F)(F)F. The molecular weight excluding hydrogens is 265 g/mol. The predicted molar refractivity (Wildman–Crippen MR) is 59.5 cm³/mol. The van der Waals surface area contributed by atoms with Crippen molar-refractivity contribution in [3.05, 3.63) is 22.7 Å². The van der Waals surface area contributed by atoms with E-state index in [0.29, 0.717) is 0 Å². The Balaban J connectivity index is 2.01. The van der Waals surface area contributed by atoms with Gasteiger partial charge in [0.2, 0.25) is 5.91 Å². The van der Waals surface area contributed by atoms with Crippen LogP contribution in [0.2, 0.25) is 0 Å². The molecule has 1 aliphatic rings. The third-order valence-corrected chi connectivity index (χ3v) is 2.67. The maximum Gasteiger partial charge on any atom is 0.390 e. The van der Waals surface area contributed by atoms with Gasteiger partial charge >= 0.3 is 6.18 Å². The van der Waals surface area contributed by atoms with Gasteiger partial charge in [0.15, 0.2) is 0 Å². The molecule has 2 rings (SSSR count). The zero-order valence-electron chi connectivity index (χ0n) is 9.78. The predicted octanol–water partition coefficient (Wildman–Crippen LogP) is 0.328. The highest BCUT2D eigenvalue weighted by Gasteiger charge is 2.33. The molecule has 1 N–H and O–H groups in total. The Morgan fingerprint density at radius 2 is 2.11 bits per heavy atom. The van der Waals surface area contributed by atoms with E-state index in [1.807, 2.05) is 0 Å². The van der Waals surface area contributed by atoms with Crippen LogP contribution in [-0.4, -0.2) is 46.7 Å². The maximum atomic E-state index is 12.1. The summed E-state index contributed by atoms with van der Waals surface area (Å²) < 4.78 is 36.3. The summed E-state index contributed by atoms with van der Waals surface area (Å²) in [6, 6.07) is 1.19. The van der Waals surface area contributed by atoms with Crippen molar-refractivity contribution in [2.24, 2.45) is 0 Å². The molecule has 6 nitrogen and oxygen atoms in total. The molecule has 1 fully saturated rings. The fraction of sp³-hybridized carbons (Fsp3) is 0.500. The molecule has 0 bridgehead atoms. The Kier molecular flexibility index (Phi) is 3.45. The molecule has 1 aromatic rings. The van der Waals surface area contributed by atoms with Gasteiger partial charge in [-0.05, 0) is 0 Å². The number of hydrogen-bond donors (Lipinski definition) is 1. The third-order valence-electron chi connectivity index (χ3n) is 2.67. The zero-order valence-corrected chi connectivity index (χ0v) is 9.78. The number of H-pyrrole nitrogens is 1. The van der Waals surface area contributed by atoms with Crippen molar-refractivity contribution in [3.8, 4) is 0 Å². The van der Waals surface area contributed by atoms with E-state index in [0.717, 1.165) is 4.90 Å². The van der Waals surface area contributed by atoms with E-state index in [2.05, 4.69) is 9.97 Å². The fourth-order valence-corrected chi connectivity index (χ4v) is 1.74. The first-order valence-corrected chi connectivity index (χ1v) is 5.49. The van der Waals surface area contributed by atoms with Crippen LogP contribution < -0.4 is 10.5 Å². The monoisotopic (exact) mass is 276 g/mol. The summed E-state index contributed by atoms with van der Waals surface area (Å²) in [5, 5.41) is 0. The van der Waals surface area contributed by atoms with Crippen LogP contribution in [0.4, 0.5) is 19.0 Å². The normalized spacial score (nSPS) is 16.3. The second-order valence-corrected chi connectivity index (χ2v) is 4.13. The average Bonchev–Trinajstić information content (AvgIpc) is 2.67. The molecule has 1 saturated heterocycles. The number of carbonyl (C=O) groups is 1. The van der Waals surface area contributed by atoms with Crippen molar-refractivity contribution in [1.29, 1.82) is 0 Å². The van der Waals surface area contributed by atoms with E-state index in [1.54, 1.807) is 0 Å². The summed E-state index contributed by atoms with van der Waals surface area (Å²) in [5.74, 6) is -0.141. The molecule has 0 atom stereocenters. The van der Waals surface area contributed by atoms with Crippen LogP contribution in [0.1, 0.15) is 6.42 Å². The first kappa shape index (κ1) is 13.4. The number of halogens is 3. The van der Waals surface area contributed by atoms with E-state index in [4.69, 9.17) is 0 Å². The fourth-order valence-electron chi connectivity index (χ4n) is 1.74. The van der Waals surface area contributed by atoms with Crippen LogP contribution in [0, 0.1) is 0 Å². The number of hydrogen-bond acceptors (Lipinski definition) is 4. The largest absolute Gasteiger partial charge is 0.390 e. The van der Waals surface area contributed by atoms with Crippen molar-refractivity contribution < 1.29 is 18.0 Å². The molecule has 1 aromatic heterocycles.